The molecule has 136 valence electrons. The van der Waals surface area contributed by atoms with Gasteiger partial charge in [0.15, 0.2) is 5.78 Å². The van der Waals surface area contributed by atoms with Crippen molar-refractivity contribution in [3.05, 3.63) is 65.7 Å². The number of amides is 1. The average Bonchev–Trinajstić information content (AvgIpc) is 2.64. The lowest BCUT2D eigenvalue weighted by molar-refractivity contribution is -0.114. The number of Topliss-reactive ketones (excluding diaryl/α,β-unsaturated/α-hetero) is 1. The lowest BCUT2D eigenvalue weighted by Crippen LogP contribution is -2.47. The standard InChI is InChI=1S/C21H25N3O2/c1-17(25)22-20-9-7-19(8-10-20)21(26)16-24-13-11-23(12-14-24)15-18-5-3-2-4-6-18/h2-10H,11-16H2,1H3,(H,22,25). The molecule has 0 saturated carbocycles. The summed E-state index contributed by atoms with van der Waals surface area (Å²) in [6.07, 6.45) is 0. The van der Waals surface area contributed by atoms with Crippen LogP contribution in [0.4, 0.5) is 5.69 Å². The molecule has 2 aromatic carbocycles. The van der Waals surface area contributed by atoms with Gasteiger partial charge in [0.2, 0.25) is 5.91 Å². The first-order chi connectivity index (χ1) is 12.6. The van der Waals surface area contributed by atoms with Crippen molar-refractivity contribution in [3.8, 4) is 0 Å². The molecule has 1 amide bonds. The fourth-order valence-electron chi connectivity index (χ4n) is 3.18. The molecular weight excluding hydrogens is 326 g/mol. The molecule has 1 saturated heterocycles. The van der Waals surface area contributed by atoms with Crippen molar-refractivity contribution >= 4 is 17.4 Å². The number of carbonyl (C=O) groups is 2. The molecule has 1 heterocycles. The Balaban J connectivity index is 1.46. The van der Waals surface area contributed by atoms with Crippen molar-refractivity contribution in [3.63, 3.8) is 0 Å². The van der Waals surface area contributed by atoms with Crippen LogP contribution in [0.15, 0.2) is 54.6 Å². The van der Waals surface area contributed by atoms with Crippen LogP contribution in [-0.2, 0) is 11.3 Å². The molecule has 5 heteroatoms. The van der Waals surface area contributed by atoms with Crippen molar-refractivity contribution in [2.75, 3.05) is 38.0 Å². The van der Waals surface area contributed by atoms with Crippen LogP contribution in [-0.4, -0.2) is 54.2 Å². The normalized spacial score (nSPS) is 15.6. The van der Waals surface area contributed by atoms with Crippen LogP contribution in [0.1, 0.15) is 22.8 Å². The first kappa shape index (κ1) is 18.3. The first-order valence-corrected chi connectivity index (χ1v) is 8.99. The second kappa shape index (κ2) is 8.74. The van der Waals surface area contributed by atoms with Crippen LogP contribution in [0.25, 0.3) is 0 Å². The van der Waals surface area contributed by atoms with Crippen molar-refractivity contribution in [2.24, 2.45) is 0 Å². The Morgan fingerprint density at radius 1 is 0.885 bits per heavy atom. The van der Waals surface area contributed by atoms with Crippen LogP contribution in [0, 0.1) is 0 Å². The highest BCUT2D eigenvalue weighted by Crippen LogP contribution is 2.12. The molecule has 1 aliphatic heterocycles. The fourth-order valence-corrected chi connectivity index (χ4v) is 3.18. The topological polar surface area (TPSA) is 52.7 Å². The summed E-state index contributed by atoms with van der Waals surface area (Å²) >= 11 is 0. The Kier molecular flexibility index (Phi) is 6.15. The van der Waals surface area contributed by atoms with Gasteiger partial charge < -0.3 is 5.32 Å². The minimum atomic E-state index is -0.113. The summed E-state index contributed by atoms with van der Waals surface area (Å²) in [5.41, 5.74) is 2.73. The van der Waals surface area contributed by atoms with Gasteiger partial charge in [-0.2, -0.15) is 0 Å². The predicted molar refractivity (Wildman–Crippen MR) is 103 cm³/mol. The number of ketones is 1. The van der Waals surface area contributed by atoms with Crippen LogP contribution in [0.3, 0.4) is 0 Å². The van der Waals surface area contributed by atoms with Gasteiger partial charge in [-0.15, -0.1) is 0 Å². The second-order valence-electron chi connectivity index (χ2n) is 6.72. The summed E-state index contributed by atoms with van der Waals surface area (Å²) in [6.45, 7) is 6.64. The Bertz CT molecular complexity index is 736. The molecule has 0 spiro atoms. The molecular formula is C21H25N3O2. The second-order valence-corrected chi connectivity index (χ2v) is 6.72. The maximum absolute atomic E-state index is 12.5. The minimum absolute atomic E-state index is 0.113. The maximum atomic E-state index is 12.5. The van der Waals surface area contributed by atoms with Gasteiger partial charge in [-0.25, -0.2) is 0 Å². The third-order valence-corrected chi connectivity index (χ3v) is 4.61. The van der Waals surface area contributed by atoms with Gasteiger partial charge in [-0.05, 0) is 29.8 Å². The maximum Gasteiger partial charge on any atom is 0.221 e. The third kappa shape index (κ3) is 5.25. The van der Waals surface area contributed by atoms with E-state index in [0.29, 0.717) is 17.8 Å². The van der Waals surface area contributed by atoms with Crippen LogP contribution < -0.4 is 5.32 Å². The number of nitrogens with one attached hydrogen (secondary N) is 1. The molecule has 5 nitrogen and oxygen atoms in total. The summed E-state index contributed by atoms with van der Waals surface area (Å²) in [5.74, 6) is 0.00772. The largest absolute Gasteiger partial charge is 0.326 e. The quantitative estimate of drug-likeness (QED) is 0.813. The van der Waals surface area contributed by atoms with Crippen molar-refractivity contribution in [1.82, 2.24) is 9.80 Å². The predicted octanol–water partition coefficient (Wildman–Crippen LogP) is 2.65. The molecule has 3 rings (SSSR count). The van der Waals surface area contributed by atoms with Crippen LogP contribution in [0.2, 0.25) is 0 Å². The van der Waals surface area contributed by atoms with Crippen molar-refractivity contribution in [1.29, 1.82) is 0 Å². The summed E-state index contributed by atoms with van der Waals surface area (Å²) in [7, 11) is 0. The van der Waals surface area contributed by atoms with Crippen LogP contribution >= 0.6 is 0 Å². The number of piperazine rings is 1. The van der Waals surface area contributed by atoms with Gasteiger partial charge in [0.1, 0.15) is 0 Å². The van der Waals surface area contributed by atoms with E-state index >= 15 is 0 Å². The van der Waals surface area contributed by atoms with Gasteiger partial charge in [0.25, 0.3) is 0 Å². The summed E-state index contributed by atoms with van der Waals surface area (Å²) in [5, 5.41) is 2.71. The molecule has 1 aliphatic rings. The number of anilines is 1. The number of hydrogen-bond donors (Lipinski definition) is 1. The highest BCUT2D eigenvalue weighted by molar-refractivity contribution is 5.98. The highest BCUT2D eigenvalue weighted by atomic mass is 16.1. The van der Waals surface area contributed by atoms with E-state index in [9.17, 15) is 9.59 Å². The first-order valence-electron chi connectivity index (χ1n) is 8.99. The molecule has 0 bridgehead atoms. The lowest BCUT2D eigenvalue weighted by atomic mass is 10.1. The smallest absolute Gasteiger partial charge is 0.221 e. The van der Waals surface area contributed by atoms with E-state index in [1.165, 1.54) is 12.5 Å². The summed E-state index contributed by atoms with van der Waals surface area (Å²) in [4.78, 5) is 28.2. The Labute approximate surface area is 154 Å². The molecule has 0 atom stereocenters. The van der Waals surface area contributed by atoms with E-state index in [0.717, 1.165) is 32.7 Å². The van der Waals surface area contributed by atoms with Gasteiger partial charge in [0.05, 0.1) is 6.54 Å². The lowest BCUT2D eigenvalue weighted by Gasteiger charge is -2.34. The molecule has 0 radical (unpaired) electrons. The number of benzene rings is 2. The molecule has 1 N–H and O–H groups in total. The third-order valence-electron chi connectivity index (χ3n) is 4.61. The van der Waals surface area contributed by atoms with Crippen molar-refractivity contribution < 1.29 is 9.59 Å². The number of carbonyl (C=O) groups excluding carboxylic acids is 2. The van der Waals surface area contributed by atoms with Gasteiger partial charge in [-0.1, -0.05) is 30.3 Å². The van der Waals surface area contributed by atoms with E-state index < -0.39 is 0 Å². The number of rotatable bonds is 6. The molecule has 26 heavy (non-hydrogen) atoms. The zero-order valence-corrected chi connectivity index (χ0v) is 15.1. The SMILES string of the molecule is CC(=O)Nc1ccc(C(=O)CN2CCN(Cc3ccccc3)CC2)cc1. The highest BCUT2D eigenvalue weighted by Gasteiger charge is 2.19. The van der Waals surface area contributed by atoms with Gasteiger partial charge in [-0.3, -0.25) is 19.4 Å². The summed E-state index contributed by atoms with van der Waals surface area (Å²) < 4.78 is 0. The van der Waals surface area contributed by atoms with E-state index in [1.807, 2.05) is 6.07 Å². The monoisotopic (exact) mass is 351 g/mol. The zero-order valence-electron chi connectivity index (χ0n) is 15.1. The molecule has 0 aromatic heterocycles. The van der Waals surface area contributed by atoms with Crippen molar-refractivity contribution in [2.45, 2.75) is 13.5 Å². The summed E-state index contributed by atoms with van der Waals surface area (Å²) in [6, 6.07) is 17.6. The Morgan fingerprint density at radius 2 is 1.50 bits per heavy atom. The van der Waals surface area contributed by atoms with Gasteiger partial charge in [0, 0.05) is 50.9 Å². The van der Waals surface area contributed by atoms with Gasteiger partial charge >= 0.3 is 0 Å². The zero-order chi connectivity index (χ0) is 18.4. The Morgan fingerprint density at radius 3 is 2.12 bits per heavy atom. The minimum Gasteiger partial charge on any atom is -0.326 e. The van der Waals surface area contributed by atoms with E-state index in [-0.39, 0.29) is 11.7 Å². The number of hydrogen-bond acceptors (Lipinski definition) is 4. The number of nitrogens with zero attached hydrogens (tertiary/aromatic N) is 2. The molecule has 0 unspecified atom stereocenters. The fraction of sp³-hybridized carbons (Fsp3) is 0.333. The van der Waals surface area contributed by atoms with Crippen LogP contribution in [0.5, 0.6) is 0 Å². The molecule has 2 aromatic rings. The van der Waals surface area contributed by atoms with E-state index in [4.69, 9.17) is 0 Å². The van der Waals surface area contributed by atoms with E-state index in [1.54, 1.807) is 24.3 Å². The molecule has 0 aliphatic carbocycles. The Hall–Kier alpha value is -2.50. The van der Waals surface area contributed by atoms with E-state index in [2.05, 4.69) is 39.4 Å². The molecule has 1 fully saturated rings. The average molecular weight is 351 g/mol.